The molecule has 0 bridgehead atoms. The third-order valence-corrected chi connectivity index (χ3v) is 2.41. The van der Waals surface area contributed by atoms with Crippen molar-refractivity contribution in [1.29, 1.82) is 0 Å². The number of amides is 1. The minimum atomic E-state index is -4.81. The summed E-state index contributed by atoms with van der Waals surface area (Å²) in [5, 5.41) is 0. The van der Waals surface area contributed by atoms with Gasteiger partial charge >= 0.3 is 12.1 Å². The predicted octanol–water partition coefficient (Wildman–Crippen LogP) is 0.338. The number of hydrogen-bond donors (Lipinski definition) is 0. The fraction of sp³-hybridized carbons (Fsp3) is 0.889. The Morgan fingerprint density at radius 2 is 2.19 bits per heavy atom. The second-order valence-corrected chi connectivity index (χ2v) is 3.94. The molecule has 0 aromatic carbocycles. The van der Waals surface area contributed by atoms with E-state index in [1.807, 2.05) is 11.9 Å². The molecule has 1 unspecified atom stereocenters. The predicted molar refractivity (Wildman–Crippen MR) is 50.9 cm³/mol. The molecule has 0 aromatic rings. The van der Waals surface area contributed by atoms with Gasteiger partial charge < -0.3 is 14.5 Å². The second kappa shape index (κ2) is 5.01. The van der Waals surface area contributed by atoms with E-state index in [1.54, 1.807) is 0 Å². The van der Waals surface area contributed by atoms with Crippen molar-refractivity contribution in [2.45, 2.75) is 12.3 Å². The fourth-order valence-corrected chi connectivity index (χ4v) is 1.58. The molecule has 0 saturated carbocycles. The summed E-state index contributed by atoms with van der Waals surface area (Å²) in [5.74, 6) is -1.83. The van der Waals surface area contributed by atoms with E-state index in [2.05, 4.69) is 0 Å². The van der Waals surface area contributed by atoms with Crippen molar-refractivity contribution in [3.05, 3.63) is 0 Å². The van der Waals surface area contributed by atoms with Gasteiger partial charge in [0.05, 0.1) is 12.7 Å². The fourth-order valence-electron chi connectivity index (χ4n) is 1.58. The molecule has 1 atom stereocenters. The van der Waals surface area contributed by atoms with Crippen LogP contribution < -0.4 is 0 Å². The Morgan fingerprint density at radius 3 is 2.69 bits per heavy atom. The molecule has 1 rings (SSSR count). The van der Waals surface area contributed by atoms with Gasteiger partial charge in [-0.15, -0.1) is 0 Å². The van der Waals surface area contributed by atoms with Gasteiger partial charge in [-0.3, -0.25) is 4.79 Å². The lowest BCUT2D eigenvalue weighted by molar-refractivity contribution is -0.186. The topological polar surface area (TPSA) is 32.8 Å². The lowest BCUT2D eigenvalue weighted by Crippen LogP contribution is -2.48. The highest BCUT2D eigenvalue weighted by Crippen LogP contribution is 2.18. The van der Waals surface area contributed by atoms with Gasteiger partial charge in [0.15, 0.2) is 0 Å². The van der Waals surface area contributed by atoms with Crippen molar-refractivity contribution in [2.24, 2.45) is 0 Å². The van der Waals surface area contributed by atoms with E-state index in [-0.39, 0.29) is 12.6 Å². The zero-order chi connectivity index (χ0) is 12.3. The molecule has 16 heavy (non-hydrogen) atoms. The summed E-state index contributed by atoms with van der Waals surface area (Å²) in [6.07, 6.45) is -5.16. The quantitative estimate of drug-likeness (QED) is 0.697. The molecule has 1 aliphatic rings. The molecular weight excluding hydrogens is 225 g/mol. The highest BCUT2D eigenvalue weighted by molar-refractivity contribution is 5.81. The third kappa shape index (κ3) is 3.64. The van der Waals surface area contributed by atoms with E-state index in [1.165, 1.54) is 0 Å². The summed E-state index contributed by atoms with van der Waals surface area (Å²) in [6, 6.07) is 0. The molecule has 0 aliphatic carbocycles. The van der Waals surface area contributed by atoms with Crippen LogP contribution in [0.25, 0.3) is 0 Å². The average molecular weight is 240 g/mol. The van der Waals surface area contributed by atoms with Crippen molar-refractivity contribution in [1.82, 2.24) is 9.80 Å². The minimum absolute atomic E-state index is 0.0390. The Kier molecular flexibility index (Phi) is 4.15. The van der Waals surface area contributed by atoms with Crippen molar-refractivity contribution >= 4 is 5.91 Å². The van der Waals surface area contributed by atoms with E-state index in [4.69, 9.17) is 4.74 Å². The first-order valence-electron chi connectivity index (χ1n) is 4.93. The zero-order valence-corrected chi connectivity index (χ0v) is 9.25. The average Bonchev–Trinajstić information content (AvgIpc) is 2.15. The van der Waals surface area contributed by atoms with E-state index in [0.29, 0.717) is 18.1 Å². The van der Waals surface area contributed by atoms with E-state index in [0.717, 1.165) is 13.6 Å². The lowest BCUT2D eigenvalue weighted by Gasteiger charge is -2.32. The van der Waals surface area contributed by atoms with Gasteiger partial charge in [-0.2, -0.15) is 13.2 Å². The van der Waals surface area contributed by atoms with Gasteiger partial charge in [0.25, 0.3) is 0 Å². The van der Waals surface area contributed by atoms with Crippen LogP contribution in [-0.2, 0) is 9.53 Å². The Labute approximate surface area is 91.9 Å². The number of alkyl halides is 3. The van der Waals surface area contributed by atoms with Crippen LogP contribution in [0.5, 0.6) is 0 Å². The van der Waals surface area contributed by atoms with Crippen molar-refractivity contribution in [2.75, 3.05) is 40.3 Å². The molecule has 1 saturated heterocycles. The van der Waals surface area contributed by atoms with Gasteiger partial charge in [-0.25, -0.2) is 0 Å². The number of carbonyl (C=O) groups excluding carboxylic acids is 1. The molecule has 1 fully saturated rings. The molecule has 1 amide bonds. The summed E-state index contributed by atoms with van der Waals surface area (Å²) < 4.78 is 41.5. The first-order valence-corrected chi connectivity index (χ1v) is 4.93. The smallest absolute Gasteiger partial charge is 0.374 e. The van der Waals surface area contributed by atoms with Crippen molar-refractivity contribution in [3.8, 4) is 0 Å². The van der Waals surface area contributed by atoms with Gasteiger partial charge in [0, 0.05) is 26.7 Å². The molecule has 0 N–H and O–H groups in total. The molecule has 94 valence electrons. The third-order valence-electron chi connectivity index (χ3n) is 2.41. The van der Waals surface area contributed by atoms with Crippen molar-refractivity contribution in [3.63, 3.8) is 0 Å². The Morgan fingerprint density at radius 1 is 1.56 bits per heavy atom. The molecule has 0 spiro atoms. The van der Waals surface area contributed by atoms with Crippen LogP contribution >= 0.6 is 0 Å². The van der Waals surface area contributed by atoms with Crippen LogP contribution in [0, 0.1) is 0 Å². The second-order valence-electron chi connectivity index (χ2n) is 3.94. The molecule has 1 heterocycles. The van der Waals surface area contributed by atoms with Crippen LogP contribution in [0.1, 0.15) is 0 Å². The first-order chi connectivity index (χ1) is 7.30. The summed E-state index contributed by atoms with van der Waals surface area (Å²) in [7, 11) is 2.99. The number of carbonyl (C=O) groups is 1. The summed E-state index contributed by atoms with van der Waals surface area (Å²) >= 11 is 0. The van der Waals surface area contributed by atoms with Crippen molar-refractivity contribution < 1.29 is 22.7 Å². The summed E-state index contributed by atoms with van der Waals surface area (Å²) in [5.41, 5.74) is 0. The molecule has 0 aromatic heterocycles. The maximum Gasteiger partial charge on any atom is 0.471 e. The number of morpholine rings is 1. The molecule has 1 aliphatic heterocycles. The highest BCUT2D eigenvalue weighted by atomic mass is 19.4. The van der Waals surface area contributed by atoms with E-state index >= 15 is 0 Å². The SMILES string of the molecule is CN1CCOC(CN(C)C(=O)C(F)(F)F)C1. The van der Waals surface area contributed by atoms with Crippen LogP contribution in [0.4, 0.5) is 13.2 Å². The maximum atomic E-state index is 12.1. The van der Waals surface area contributed by atoms with Gasteiger partial charge in [0.2, 0.25) is 0 Å². The molecule has 7 heteroatoms. The minimum Gasteiger partial charge on any atom is -0.374 e. The Balaban J connectivity index is 2.44. The number of nitrogens with zero attached hydrogens (tertiary/aromatic N) is 2. The first kappa shape index (κ1) is 13.2. The van der Waals surface area contributed by atoms with Crippen LogP contribution in [0.2, 0.25) is 0 Å². The molecular formula is C9H15F3N2O2. The van der Waals surface area contributed by atoms with Crippen LogP contribution in [-0.4, -0.2) is 68.3 Å². The van der Waals surface area contributed by atoms with Gasteiger partial charge in [-0.05, 0) is 7.05 Å². The summed E-state index contributed by atoms with van der Waals surface area (Å²) in [4.78, 5) is 13.5. The number of likely N-dealkylation sites (N-methyl/N-ethyl adjacent to an activating group) is 2. The molecule has 0 radical (unpaired) electrons. The Bertz CT molecular complexity index is 258. The lowest BCUT2D eigenvalue weighted by atomic mass is 10.2. The number of halogens is 3. The number of rotatable bonds is 2. The maximum absolute atomic E-state index is 12.1. The monoisotopic (exact) mass is 240 g/mol. The normalized spacial score (nSPS) is 23.2. The van der Waals surface area contributed by atoms with Crippen LogP contribution in [0.3, 0.4) is 0 Å². The van der Waals surface area contributed by atoms with Gasteiger partial charge in [-0.1, -0.05) is 0 Å². The van der Waals surface area contributed by atoms with E-state index in [9.17, 15) is 18.0 Å². The van der Waals surface area contributed by atoms with E-state index < -0.39 is 12.1 Å². The summed E-state index contributed by atoms with van der Waals surface area (Å²) in [6.45, 7) is 1.74. The number of ether oxygens (including phenoxy) is 1. The Hall–Kier alpha value is -0.820. The highest BCUT2D eigenvalue weighted by Gasteiger charge is 2.41. The standard InChI is InChI=1S/C9H15F3N2O2/c1-13-3-4-16-7(5-13)6-14(2)8(15)9(10,11)12/h7H,3-6H2,1-2H3. The van der Waals surface area contributed by atoms with Gasteiger partial charge in [0.1, 0.15) is 0 Å². The zero-order valence-electron chi connectivity index (χ0n) is 9.25. The molecule has 4 nitrogen and oxygen atoms in total. The number of hydrogen-bond acceptors (Lipinski definition) is 3. The largest absolute Gasteiger partial charge is 0.471 e. The van der Waals surface area contributed by atoms with Crippen LogP contribution in [0.15, 0.2) is 0 Å².